The van der Waals surface area contributed by atoms with Crippen LogP contribution >= 0.6 is 0 Å². The molecule has 6 N–H and O–H groups in total. The Morgan fingerprint density at radius 1 is 0.955 bits per heavy atom. The van der Waals surface area contributed by atoms with Gasteiger partial charge in [0.15, 0.2) is 0 Å². The van der Waals surface area contributed by atoms with E-state index in [0.717, 1.165) is 22.5 Å². The van der Waals surface area contributed by atoms with Gasteiger partial charge in [-0.3, -0.25) is 4.99 Å². The van der Waals surface area contributed by atoms with Gasteiger partial charge in [0.25, 0.3) is 0 Å². The van der Waals surface area contributed by atoms with Crippen LogP contribution in [0.1, 0.15) is 11.1 Å². The van der Waals surface area contributed by atoms with Crippen molar-refractivity contribution in [2.45, 2.75) is 5.54 Å². The van der Waals surface area contributed by atoms with Gasteiger partial charge in [-0.2, -0.15) is 0 Å². The highest BCUT2D eigenvalue weighted by molar-refractivity contribution is 5.61. The average molecular weight is 292 g/mol. The summed E-state index contributed by atoms with van der Waals surface area (Å²) in [4.78, 5) is 3.80. The predicted octanol–water partition coefficient (Wildman–Crippen LogP) is 2.94. The zero-order valence-electron chi connectivity index (χ0n) is 12.4. The van der Waals surface area contributed by atoms with E-state index >= 15 is 0 Å². The Hall–Kier alpha value is -2.85. The molecular formula is C18H20N4. The zero-order chi connectivity index (χ0) is 16.2. The Morgan fingerprint density at radius 3 is 1.91 bits per heavy atom. The average Bonchev–Trinajstić information content (AvgIpc) is 3.27. The van der Waals surface area contributed by atoms with Crippen molar-refractivity contribution in [3.05, 3.63) is 78.4 Å². The second kappa shape index (κ2) is 6.28. The van der Waals surface area contributed by atoms with E-state index in [1.54, 1.807) is 12.1 Å². The van der Waals surface area contributed by atoms with Crippen molar-refractivity contribution in [1.82, 2.24) is 0 Å². The Labute approximate surface area is 130 Å². The molecule has 0 aromatic heterocycles. The molecule has 0 radical (unpaired) electrons. The standard InChI is InChI=1S/C10H10N2.C8H10N2/c1-12-9-4-2-8(3-5-9)10(11)6-7-10;1-6(9)7-2-4-8(10)5-3-7/h2-7H,1,11H2;2-5H,1,9-10H2. The summed E-state index contributed by atoms with van der Waals surface area (Å²) in [5.41, 5.74) is 20.7. The zero-order valence-corrected chi connectivity index (χ0v) is 12.4. The van der Waals surface area contributed by atoms with E-state index < -0.39 is 0 Å². The predicted molar refractivity (Wildman–Crippen MR) is 94.7 cm³/mol. The third kappa shape index (κ3) is 3.84. The molecule has 112 valence electrons. The number of hydrogen-bond acceptors (Lipinski definition) is 4. The van der Waals surface area contributed by atoms with Crippen LogP contribution < -0.4 is 17.2 Å². The Morgan fingerprint density at radius 2 is 1.50 bits per heavy atom. The van der Waals surface area contributed by atoms with Gasteiger partial charge in [-0.1, -0.05) is 43.0 Å². The van der Waals surface area contributed by atoms with Gasteiger partial charge in [0.2, 0.25) is 0 Å². The first-order valence-electron chi connectivity index (χ1n) is 6.81. The third-order valence-corrected chi connectivity index (χ3v) is 3.36. The summed E-state index contributed by atoms with van der Waals surface area (Å²) in [5.74, 6) is 0. The topological polar surface area (TPSA) is 90.4 Å². The molecule has 0 amide bonds. The highest BCUT2D eigenvalue weighted by Crippen LogP contribution is 2.32. The third-order valence-electron chi connectivity index (χ3n) is 3.36. The Balaban J connectivity index is 0.000000164. The lowest BCUT2D eigenvalue weighted by Gasteiger charge is -2.08. The number of hydrogen-bond donors (Lipinski definition) is 3. The molecule has 0 bridgehead atoms. The largest absolute Gasteiger partial charge is 0.399 e. The van der Waals surface area contributed by atoms with Crippen molar-refractivity contribution in [3.63, 3.8) is 0 Å². The van der Waals surface area contributed by atoms with Crippen molar-refractivity contribution >= 4 is 23.8 Å². The highest BCUT2D eigenvalue weighted by Gasteiger charge is 2.30. The molecule has 2 aromatic carbocycles. The number of nitrogens with zero attached hydrogens (tertiary/aromatic N) is 1. The second-order valence-electron chi connectivity index (χ2n) is 5.12. The highest BCUT2D eigenvalue weighted by atomic mass is 14.8. The summed E-state index contributed by atoms with van der Waals surface area (Å²) in [5, 5.41) is 0. The first-order chi connectivity index (χ1) is 10.4. The molecule has 0 aliphatic heterocycles. The summed E-state index contributed by atoms with van der Waals surface area (Å²) in [6.45, 7) is 7.03. The monoisotopic (exact) mass is 292 g/mol. The van der Waals surface area contributed by atoms with Crippen LogP contribution in [0.3, 0.4) is 0 Å². The molecule has 4 nitrogen and oxygen atoms in total. The summed E-state index contributed by atoms with van der Waals surface area (Å²) in [6.07, 6.45) is 3.95. The number of nitrogens with two attached hydrogens (primary N) is 3. The fraction of sp³-hybridized carbons (Fsp3) is 0.0556. The number of nitrogen functional groups attached to an aromatic ring is 1. The van der Waals surface area contributed by atoms with Gasteiger partial charge in [-0.15, -0.1) is 0 Å². The minimum atomic E-state index is -0.278. The van der Waals surface area contributed by atoms with Crippen LogP contribution in [0.25, 0.3) is 5.70 Å². The Bertz CT molecular complexity index is 691. The molecule has 4 heteroatoms. The molecule has 2 aromatic rings. The van der Waals surface area contributed by atoms with Crippen LogP contribution in [-0.2, 0) is 5.54 Å². The minimum Gasteiger partial charge on any atom is -0.399 e. The fourth-order valence-electron chi connectivity index (χ4n) is 1.83. The van der Waals surface area contributed by atoms with Crippen LogP contribution in [0.15, 0.2) is 72.3 Å². The molecule has 0 atom stereocenters. The summed E-state index contributed by atoms with van der Waals surface area (Å²) < 4.78 is 0. The lowest BCUT2D eigenvalue weighted by atomic mass is 10.0. The van der Waals surface area contributed by atoms with Crippen molar-refractivity contribution in [2.75, 3.05) is 5.73 Å². The van der Waals surface area contributed by atoms with Crippen molar-refractivity contribution in [3.8, 4) is 0 Å². The normalized spacial score (nSPS) is 13.7. The molecule has 0 saturated carbocycles. The fourth-order valence-corrected chi connectivity index (χ4v) is 1.83. The van der Waals surface area contributed by atoms with Crippen molar-refractivity contribution in [2.24, 2.45) is 16.5 Å². The van der Waals surface area contributed by atoms with Gasteiger partial charge in [0.1, 0.15) is 0 Å². The van der Waals surface area contributed by atoms with E-state index in [2.05, 4.69) is 18.3 Å². The van der Waals surface area contributed by atoms with E-state index in [0.29, 0.717) is 5.70 Å². The SMILES string of the molecule is C=C(N)c1ccc(N)cc1.C=Nc1ccc(C2(N)C=C2)cc1. The number of rotatable bonds is 3. The maximum absolute atomic E-state index is 5.90. The Kier molecular flexibility index (Phi) is 4.44. The minimum absolute atomic E-state index is 0.278. The molecule has 0 fully saturated rings. The van der Waals surface area contributed by atoms with Crippen LogP contribution in [0.5, 0.6) is 0 Å². The second-order valence-corrected chi connectivity index (χ2v) is 5.12. The van der Waals surface area contributed by atoms with Crippen LogP contribution in [0.4, 0.5) is 11.4 Å². The van der Waals surface area contributed by atoms with E-state index in [9.17, 15) is 0 Å². The van der Waals surface area contributed by atoms with E-state index in [1.807, 2.05) is 48.6 Å². The van der Waals surface area contributed by atoms with E-state index in [4.69, 9.17) is 17.2 Å². The quantitative estimate of drug-likeness (QED) is 0.461. The molecule has 1 aliphatic rings. The number of anilines is 1. The van der Waals surface area contributed by atoms with Gasteiger partial charge in [-0.25, -0.2) is 0 Å². The molecule has 1 aliphatic carbocycles. The van der Waals surface area contributed by atoms with E-state index in [-0.39, 0.29) is 5.54 Å². The first-order valence-corrected chi connectivity index (χ1v) is 6.81. The van der Waals surface area contributed by atoms with Gasteiger partial charge in [0.05, 0.1) is 11.2 Å². The first kappa shape index (κ1) is 15.5. The maximum Gasteiger partial charge on any atom is 0.0784 e. The molecule has 0 unspecified atom stereocenters. The van der Waals surface area contributed by atoms with Gasteiger partial charge in [0, 0.05) is 11.4 Å². The number of benzene rings is 2. The molecule has 3 rings (SSSR count). The van der Waals surface area contributed by atoms with Crippen LogP contribution in [0.2, 0.25) is 0 Å². The van der Waals surface area contributed by atoms with Gasteiger partial charge in [-0.05, 0) is 42.1 Å². The lowest BCUT2D eigenvalue weighted by Crippen LogP contribution is -2.20. The summed E-state index contributed by atoms with van der Waals surface area (Å²) in [7, 11) is 0. The molecule has 0 spiro atoms. The smallest absolute Gasteiger partial charge is 0.0784 e. The molecule has 0 heterocycles. The molecular weight excluding hydrogens is 272 g/mol. The van der Waals surface area contributed by atoms with Gasteiger partial charge < -0.3 is 17.2 Å². The van der Waals surface area contributed by atoms with E-state index in [1.165, 1.54) is 0 Å². The number of aliphatic imine (C=N–C) groups is 1. The lowest BCUT2D eigenvalue weighted by molar-refractivity contribution is 0.818. The maximum atomic E-state index is 5.90. The van der Waals surface area contributed by atoms with Crippen LogP contribution in [-0.4, -0.2) is 6.72 Å². The van der Waals surface area contributed by atoms with Gasteiger partial charge >= 0.3 is 0 Å². The summed E-state index contributed by atoms with van der Waals surface area (Å²) >= 11 is 0. The molecule has 22 heavy (non-hydrogen) atoms. The van der Waals surface area contributed by atoms with Crippen LogP contribution in [0, 0.1) is 0 Å². The van der Waals surface area contributed by atoms with Crippen molar-refractivity contribution < 1.29 is 0 Å². The van der Waals surface area contributed by atoms with Crippen molar-refractivity contribution in [1.29, 1.82) is 0 Å². The summed E-state index contributed by atoms with van der Waals surface area (Å²) in [6, 6.07) is 15.1. The molecule has 0 saturated heterocycles.